The lowest BCUT2D eigenvalue weighted by molar-refractivity contribution is -0.164. The lowest BCUT2D eigenvalue weighted by Crippen LogP contribution is -2.60. The van der Waals surface area contributed by atoms with E-state index in [4.69, 9.17) is 42.1 Å². The van der Waals surface area contributed by atoms with Crippen molar-refractivity contribution < 1.29 is 57.3 Å². The molecule has 0 bridgehead atoms. The second-order valence-corrected chi connectivity index (χ2v) is 15.7. The molecule has 0 aliphatic rings. The molecule has 61 heavy (non-hydrogen) atoms. The van der Waals surface area contributed by atoms with Crippen molar-refractivity contribution in [3.8, 4) is 0 Å². The zero-order valence-corrected chi connectivity index (χ0v) is 35.5. The summed E-state index contributed by atoms with van der Waals surface area (Å²) >= 11 is 12.0. The standard InChI is InChI=1S/C43H42Cl2N4O12/c1-42(2,3)48(38(54)28-13-9-7-10-14-28)46(36(52)30-17-21-32(44)22-18-30)40(56)60-26-58-34(50)25-35(51)59-27-61-41(57)47(37(53)31-19-23-33(45)24-20-31)49(43(4,5)6)39(55)29-15-11-8-12-16-29/h7-24H,25-27H2,1-6H3. The van der Waals surface area contributed by atoms with Gasteiger partial charge in [0.2, 0.25) is 13.6 Å². The highest BCUT2D eigenvalue weighted by atomic mass is 35.5. The highest BCUT2D eigenvalue weighted by Gasteiger charge is 2.42. The molecule has 0 aliphatic heterocycles. The van der Waals surface area contributed by atoms with E-state index >= 15 is 0 Å². The highest BCUT2D eigenvalue weighted by Crippen LogP contribution is 2.26. The molecule has 18 heteroatoms. The molecule has 0 radical (unpaired) electrons. The smallest absolute Gasteiger partial charge is 0.427 e. The highest BCUT2D eigenvalue weighted by molar-refractivity contribution is 6.31. The van der Waals surface area contributed by atoms with E-state index in [2.05, 4.69) is 0 Å². The second kappa shape index (κ2) is 20.5. The second-order valence-electron chi connectivity index (χ2n) is 14.8. The molecule has 0 aliphatic carbocycles. The van der Waals surface area contributed by atoms with Gasteiger partial charge in [0, 0.05) is 32.3 Å². The van der Waals surface area contributed by atoms with E-state index in [1.807, 2.05) is 0 Å². The van der Waals surface area contributed by atoms with Crippen LogP contribution in [-0.2, 0) is 28.5 Å². The summed E-state index contributed by atoms with van der Waals surface area (Å²) in [5.74, 6) is -5.96. The maximum atomic E-state index is 13.8. The average Bonchev–Trinajstić information content (AvgIpc) is 3.21. The number of rotatable bonds is 10. The summed E-state index contributed by atoms with van der Waals surface area (Å²) in [7, 11) is 0. The fraction of sp³-hybridized carbons (Fsp3) is 0.256. The van der Waals surface area contributed by atoms with Gasteiger partial charge in [-0.3, -0.25) is 28.8 Å². The third-order valence-electron chi connectivity index (χ3n) is 8.10. The predicted octanol–water partition coefficient (Wildman–Crippen LogP) is 7.95. The topological polar surface area (TPSA) is 186 Å². The van der Waals surface area contributed by atoms with Crippen LogP contribution in [-0.4, -0.2) is 92.5 Å². The van der Waals surface area contributed by atoms with E-state index in [9.17, 15) is 38.4 Å². The van der Waals surface area contributed by atoms with Gasteiger partial charge in [-0.25, -0.2) is 19.6 Å². The lowest BCUT2D eigenvalue weighted by atomic mass is 10.1. The molecular weight excluding hydrogens is 835 g/mol. The van der Waals surface area contributed by atoms with Crippen molar-refractivity contribution in [2.45, 2.75) is 59.0 Å². The number of ether oxygens (including phenoxy) is 4. The van der Waals surface area contributed by atoms with Gasteiger partial charge in [0.1, 0.15) is 6.42 Å². The molecular formula is C43H42Cl2N4O12. The number of hydrogen-bond acceptors (Lipinski definition) is 12. The van der Waals surface area contributed by atoms with Crippen LogP contribution in [0.2, 0.25) is 10.0 Å². The number of halogens is 2. The number of hydrogen-bond donors (Lipinski definition) is 0. The molecule has 0 aromatic heterocycles. The first-order valence-corrected chi connectivity index (χ1v) is 19.1. The number of benzene rings is 4. The molecule has 4 rings (SSSR count). The van der Waals surface area contributed by atoms with Gasteiger partial charge >= 0.3 is 24.1 Å². The molecule has 0 fully saturated rings. The monoisotopic (exact) mass is 876 g/mol. The normalized spacial score (nSPS) is 11.0. The molecule has 16 nitrogen and oxygen atoms in total. The summed E-state index contributed by atoms with van der Waals surface area (Å²) in [6, 6.07) is 26.7. The molecule has 4 aromatic carbocycles. The number of imide groups is 2. The Morgan fingerprint density at radius 2 is 0.721 bits per heavy atom. The Kier molecular flexibility index (Phi) is 15.7. The van der Waals surface area contributed by atoms with Gasteiger partial charge in [-0.2, -0.15) is 0 Å². The Labute approximate surface area is 361 Å². The van der Waals surface area contributed by atoms with Crippen molar-refractivity contribution >= 4 is 71.0 Å². The minimum Gasteiger partial charge on any atom is -0.427 e. The van der Waals surface area contributed by atoms with Gasteiger partial charge in [0.15, 0.2) is 0 Å². The molecule has 320 valence electrons. The number of esters is 2. The van der Waals surface area contributed by atoms with Gasteiger partial charge < -0.3 is 18.9 Å². The van der Waals surface area contributed by atoms with Crippen LogP contribution in [0.5, 0.6) is 0 Å². The van der Waals surface area contributed by atoms with Crippen LogP contribution in [0.25, 0.3) is 0 Å². The number of nitrogens with zero attached hydrogens (tertiary/aromatic N) is 4. The molecule has 6 amide bonds. The average molecular weight is 878 g/mol. The fourth-order valence-electron chi connectivity index (χ4n) is 5.37. The van der Waals surface area contributed by atoms with Crippen molar-refractivity contribution in [3.63, 3.8) is 0 Å². The van der Waals surface area contributed by atoms with E-state index in [0.29, 0.717) is 20.1 Å². The predicted molar refractivity (Wildman–Crippen MR) is 219 cm³/mol. The fourth-order valence-corrected chi connectivity index (χ4v) is 5.62. The van der Waals surface area contributed by atoms with Crippen molar-refractivity contribution in [1.82, 2.24) is 20.0 Å². The molecule has 0 heterocycles. The Morgan fingerprint density at radius 1 is 0.426 bits per heavy atom. The lowest BCUT2D eigenvalue weighted by Gasteiger charge is -2.41. The first-order chi connectivity index (χ1) is 28.7. The summed E-state index contributed by atoms with van der Waals surface area (Å²) in [5.41, 5.74) is -2.18. The molecule has 0 N–H and O–H groups in total. The third kappa shape index (κ3) is 12.6. The van der Waals surface area contributed by atoms with Crippen LogP contribution < -0.4 is 0 Å². The number of hydrazine groups is 2. The summed E-state index contributed by atoms with van der Waals surface area (Å²) in [5, 5.41) is 3.32. The van der Waals surface area contributed by atoms with Gasteiger partial charge in [-0.1, -0.05) is 59.6 Å². The van der Waals surface area contributed by atoms with Crippen molar-refractivity contribution in [1.29, 1.82) is 0 Å². The van der Waals surface area contributed by atoms with Crippen LogP contribution in [0.4, 0.5) is 9.59 Å². The quantitative estimate of drug-likeness (QED) is 0.0649. The van der Waals surface area contributed by atoms with E-state index < -0.39 is 78.8 Å². The van der Waals surface area contributed by atoms with Gasteiger partial charge in [-0.15, -0.1) is 10.0 Å². The molecule has 0 atom stereocenters. The van der Waals surface area contributed by atoms with Gasteiger partial charge in [-0.05, 0) is 114 Å². The Morgan fingerprint density at radius 3 is 1.02 bits per heavy atom. The van der Waals surface area contributed by atoms with E-state index in [1.54, 1.807) is 77.9 Å². The number of carbonyl (C=O) groups excluding carboxylic acids is 8. The third-order valence-corrected chi connectivity index (χ3v) is 8.61. The van der Waals surface area contributed by atoms with Crippen molar-refractivity contribution in [2.75, 3.05) is 13.6 Å². The van der Waals surface area contributed by atoms with Crippen molar-refractivity contribution in [2.24, 2.45) is 0 Å². The molecule has 0 spiro atoms. The van der Waals surface area contributed by atoms with Crippen molar-refractivity contribution in [3.05, 3.63) is 141 Å². The largest absolute Gasteiger partial charge is 0.439 e. The van der Waals surface area contributed by atoms with Crippen LogP contribution >= 0.6 is 23.2 Å². The van der Waals surface area contributed by atoms with Crippen LogP contribution in [0.3, 0.4) is 0 Å². The molecule has 0 unspecified atom stereocenters. The Hall–Kier alpha value is -6.78. The van der Waals surface area contributed by atoms with Crippen LogP contribution in [0, 0.1) is 0 Å². The maximum absolute atomic E-state index is 13.8. The minimum atomic E-state index is -1.41. The van der Waals surface area contributed by atoms with E-state index in [-0.39, 0.29) is 22.3 Å². The van der Waals surface area contributed by atoms with Crippen LogP contribution in [0.15, 0.2) is 109 Å². The summed E-state index contributed by atoms with van der Waals surface area (Å²) < 4.78 is 20.0. The van der Waals surface area contributed by atoms with E-state index in [0.717, 1.165) is 10.0 Å². The SMILES string of the molecule is CC(C)(C)N(C(=O)c1ccccc1)N(C(=O)OCOC(=O)CC(=O)OCOC(=O)N(C(=O)c1ccc(Cl)cc1)N(C(=O)c1ccccc1)C(C)(C)C)C(=O)c1ccc(Cl)cc1. The summed E-state index contributed by atoms with van der Waals surface area (Å²) in [6.07, 6.45) is -3.89. The van der Waals surface area contributed by atoms with Crippen LogP contribution in [0.1, 0.15) is 89.4 Å². The number of carbonyl (C=O) groups is 8. The zero-order chi connectivity index (χ0) is 45.1. The Balaban J connectivity index is 1.43. The molecule has 4 aromatic rings. The van der Waals surface area contributed by atoms with Gasteiger partial charge in [0.25, 0.3) is 23.6 Å². The maximum Gasteiger partial charge on any atom is 0.439 e. The minimum absolute atomic E-state index is 0.0386. The summed E-state index contributed by atoms with van der Waals surface area (Å²) in [4.78, 5) is 107. The molecule has 0 saturated carbocycles. The zero-order valence-electron chi connectivity index (χ0n) is 34.0. The summed E-state index contributed by atoms with van der Waals surface area (Å²) in [6.45, 7) is 7.23. The Bertz CT molecular complexity index is 2080. The van der Waals surface area contributed by atoms with Gasteiger partial charge in [0.05, 0.1) is 11.1 Å². The first kappa shape index (κ1) is 46.9. The first-order valence-electron chi connectivity index (χ1n) is 18.3. The number of amides is 6. The van der Waals surface area contributed by atoms with E-state index in [1.165, 1.54) is 72.8 Å². The molecule has 0 saturated heterocycles.